The van der Waals surface area contributed by atoms with Crippen LogP contribution in [0.5, 0.6) is 0 Å². The van der Waals surface area contributed by atoms with Crippen molar-refractivity contribution in [3.05, 3.63) is 0 Å². The molecule has 1 saturated carbocycles. The summed E-state index contributed by atoms with van der Waals surface area (Å²) in [5.74, 6) is 1.78. The number of nitrogens with one attached hydrogen (secondary N) is 1. The van der Waals surface area contributed by atoms with E-state index in [-0.39, 0.29) is 0 Å². The molecule has 0 bridgehead atoms. The van der Waals surface area contributed by atoms with Crippen LogP contribution in [0.4, 0.5) is 0 Å². The number of hydrogen-bond donors (Lipinski definition) is 1. The van der Waals surface area contributed by atoms with E-state index in [0.717, 1.165) is 23.9 Å². The van der Waals surface area contributed by atoms with Crippen molar-refractivity contribution in [2.24, 2.45) is 11.8 Å². The first-order valence-electron chi connectivity index (χ1n) is 9.19. The third-order valence-corrected chi connectivity index (χ3v) is 5.52. The first kappa shape index (κ1) is 16.3. The van der Waals surface area contributed by atoms with Gasteiger partial charge in [-0.2, -0.15) is 0 Å². The van der Waals surface area contributed by atoms with E-state index in [4.69, 9.17) is 0 Å². The molecule has 3 unspecified atom stereocenters. The number of nitrogens with zero attached hydrogens (tertiary/aromatic N) is 1. The van der Waals surface area contributed by atoms with Crippen LogP contribution >= 0.6 is 0 Å². The van der Waals surface area contributed by atoms with Crippen molar-refractivity contribution < 1.29 is 0 Å². The highest BCUT2D eigenvalue weighted by Gasteiger charge is 2.33. The van der Waals surface area contributed by atoms with Crippen molar-refractivity contribution in [2.75, 3.05) is 19.6 Å². The lowest BCUT2D eigenvalue weighted by atomic mass is 9.77. The van der Waals surface area contributed by atoms with E-state index >= 15 is 0 Å². The molecule has 20 heavy (non-hydrogen) atoms. The minimum Gasteiger partial charge on any atom is -0.313 e. The van der Waals surface area contributed by atoms with Crippen molar-refractivity contribution >= 4 is 0 Å². The summed E-state index contributed by atoms with van der Waals surface area (Å²) in [6.07, 6.45) is 11.3. The van der Waals surface area contributed by atoms with Crippen LogP contribution in [0.1, 0.15) is 72.1 Å². The van der Waals surface area contributed by atoms with Gasteiger partial charge in [0, 0.05) is 18.6 Å². The van der Waals surface area contributed by atoms with Gasteiger partial charge in [0.1, 0.15) is 0 Å². The summed E-state index contributed by atoms with van der Waals surface area (Å²) < 4.78 is 0. The fourth-order valence-corrected chi connectivity index (χ4v) is 4.32. The lowest BCUT2D eigenvalue weighted by Gasteiger charge is -2.43. The maximum absolute atomic E-state index is 3.70. The highest BCUT2D eigenvalue weighted by molar-refractivity contribution is 4.88. The van der Waals surface area contributed by atoms with Gasteiger partial charge in [-0.1, -0.05) is 40.0 Å². The van der Waals surface area contributed by atoms with Crippen LogP contribution in [0.2, 0.25) is 0 Å². The van der Waals surface area contributed by atoms with Gasteiger partial charge in [0.05, 0.1) is 0 Å². The second-order valence-corrected chi connectivity index (χ2v) is 7.40. The Morgan fingerprint density at radius 2 is 1.90 bits per heavy atom. The van der Waals surface area contributed by atoms with Crippen molar-refractivity contribution in [2.45, 2.75) is 84.2 Å². The SMILES string of the molecule is CCCCN(CC1CCCN1)C1CCCCC1C(C)C. The predicted molar refractivity (Wildman–Crippen MR) is 88.1 cm³/mol. The molecule has 1 heterocycles. The number of rotatable bonds is 7. The first-order valence-corrected chi connectivity index (χ1v) is 9.19. The Labute approximate surface area is 126 Å². The monoisotopic (exact) mass is 280 g/mol. The maximum atomic E-state index is 3.70. The smallest absolute Gasteiger partial charge is 0.0195 e. The van der Waals surface area contributed by atoms with Gasteiger partial charge < -0.3 is 5.32 Å². The van der Waals surface area contributed by atoms with Gasteiger partial charge >= 0.3 is 0 Å². The summed E-state index contributed by atoms with van der Waals surface area (Å²) in [7, 11) is 0. The van der Waals surface area contributed by atoms with Gasteiger partial charge in [-0.15, -0.1) is 0 Å². The molecule has 0 radical (unpaired) electrons. The molecule has 2 nitrogen and oxygen atoms in total. The van der Waals surface area contributed by atoms with Crippen LogP contribution in [-0.2, 0) is 0 Å². The molecule has 0 aromatic carbocycles. The zero-order valence-electron chi connectivity index (χ0n) is 14.0. The average molecular weight is 280 g/mol. The largest absolute Gasteiger partial charge is 0.313 e. The second-order valence-electron chi connectivity index (χ2n) is 7.40. The minimum absolute atomic E-state index is 0.765. The molecule has 1 N–H and O–H groups in total. The molecule has 118 valence electrons. The van der Waals surface area contributed by atoms with Crippen LogP contribution < -0.4 is 5.32 Å². The summed E-state index contributed by atoms with van der Waals surface area (Å²) >= 11 is 0. The Bertz CT molecular complexity index is 258. The Hall–Kier alpha value is -0.0800. The second kappa shape index (κ2) is 8.38. The average Bonchev–Trinajstić information content (AvgIpc) is 2.96. The van der Waals surface area contributed by atoms with Gasteiger partial charge in [-0.25, -0.2) is 0 Å². The fourth-order valence-electron chi connectivity index (χ4n) is 4.32. The Balaban J connectivity index is 1.98. The van der Waals surface area contributed by atoms with E-state index in [1.165, 1.54) is 71.0 Å². The van der Waals surface area contributed by atoms with Crippen molar-refractivity contribution in [3.63, 3.8) is 0 Å². The quantitative estimate of drug-likeness (QED) is 0.756. The third kappa shape index (κ3) is 4.46. The minimum atomic E-state index is 0.765. The van der Waals surface area contributed by atoms with E-state index in [0.29, 0.717) is 0 Å². The molecular formula is C18H36N2. The molecule has 2 fully saturated rings. The Kier molecular flexibility index (Phi) is 6.83. The molecule has 0 spiro atoms. The molecule has 1 aliphatic heterocycles. The third-order valence-electron chi connectivity index (χ3n) is 5.52. The zero-order chi connectivity index (χ0) is 14.4. The van der Waals surface area contributed by atoms with E-state index < -0.39 is 0 Å². The Morgan fingerprint density at radius 3 is 2.55 bits per heavy atom. The van der Waals surface area contributed by atoms with E-state index in [1.54, 1.807) is 0 Å². The lowest BCUT2D eigenvalue weighted by molar-refractivity contribution is 0.0705. The van der Waals surface area contributed by atoms with Gasteiger partial charge in [0.2, 0.25) is 0 Å². The van der Waals surface area contributed by atoms with Crippen LogP contribution in [0.15, 0.2) is 0 Å². The molecule has 0 amide bonds. The summed E-state index contributed by atoms with van der Waals surface area (Å²) in [6, 6.07) is 1.62. The van der Waals surface area contributed by atoms with Crippen LogP contribution in [0.3, 0.4) is 0 Å². The zero-order valence-corrected chi connectivity index (χ0v) is 14.0. The standard InChI is InChI=1S/C18H36N2/c1-4-5-13-20(14-16-9-8-12-19-16)18-11-7-6-10-17(18)15(2)3/h15-19H,4-14H2,1-3H3. The van der Waals surface area contributed by atoms with Gasteiger partial charge in [-0.05, 0) is 57.0 Å². The number of hydrogen-bond acceptors (Lipinski definition) is 2. The van der Waals surface area contributed by atoms with Crippen molar-refractivity contribution in [3.8, 4) is 0 Å². The van der Waals surface area contributed by atoms with E-state index in [1.807, 2.05) is 0 Å². The topological polar surface area (TPSA) is 15.3 Å². The van der Waals surface area contributed by atoms with Gasteiger partial charge in [-0.3, -0.25) is 4.90 Å². The summed E-state index contributed by atoms with van der Waals surface area (Å²) in [5.41, 5.74) is 0. The van der Waals surface area contributed by atoms with Crippen LogP contribution in [0, 0.1) is 11.8 Å². The molecule has 0 aromatic rings. The van der Waals surface area contributed by atoms with Crippen molar-refractivity contribution in [1.29, 1.82) is 0 Å². The number of unbranched alkanes of at least 4 members (excludes halogenated alkanes) is 1. The molecule has 2 rings (SSSR count). The van der Waals surface area contributed by atoms with Gasteiger partial charge in [0.15, 0.2) is 0 Å². The first-order chi connectivity index (χ1) is 9.72. The molecule has 0 aromatic heterocycles. The Morgan fingerprint density at radius 1 is 1.10 bits per heavy atom. The molecule has 2 aliphatic rings. The predicted octanol–water partition coefficient (Wildman–Crippen LogP) is 4.06. The van der Waals surface area contributed by atoms with Gasteiger partial charge in [0.25, 0.3) is 0 Å². The maximum Gasteiger partial charge on any atom is 0.0195 e. The van der Waals surface area contributed by atoms with E-state index in [9.17, 15) is 0 Å². The highest BCUT2D eigenvalue weighted by atomic mass is 15.2. The molecule has 3 atom stereocenters. The van der Waals surface area contributed by atoms with Crippen LogP contribution in [-0.4, -0.2) is 36.6 Å². The van der Waals surface area contributed by atoms with E-state index in [2.05, 4.69) is 31.0 Å². The van der Waals surface area contributed by atoms with Crippen molar-refractivity contribution in [1.82, 2.24) is 10.2 Å². The highest BCUT2D eigenvalue weighted by Crippen LogP contribution is 2.34. The fraction of sp³-hybridized carbons (Fsp3) is 1.00. The summed E-state index contributed by atoms with van der Waals surface area (Å²) in [5, 5.41) is 3.70. The molecular weight excluding hydrogens is 244 g/mol. The van der Waals surface area contributed by atoms with Crippen LogP contribution in [0.25, 0.3) is 0 Å². The summed E-state index contributed by atoms with van der Waals surface area (Å²) in [4.78, 5) is 2.87. The molecule has 2 heteroatoms. The molecule has 1 saturated heterocycles. The molecule has 1 aliphatic carbocycles. The summed E-state index contributed by atoms with van der Waals surface area (Å²) in [6.45, 7) is 11.1. The normalized spacial score (nSPS) is 31.4. The lowest BCUT2D eigenvalue weighted by Crippen LogP contribution is -2.49.